The molecule has 2 nitrogen and oxygen atoms in total. The maximum atomic E-state index is 11.4. The predicted molar refractivity (Wildman–Crippen MR) is 45.3 cm³/mol. The number of Topliss-reactive ketones (excluding diaryl/α,β-unsaturated/α-hetero) is 1. The number of aromatic hydroxyl groups is 1. The zero-order valence-electron chi connectivity index (χ0n) is 6.87. The van der Waals surface area contributed by atoms with Gasteiger partial charge in [0.25, 0.3) is 0 Å². The van der Waals surface area contributed by atoms with Crippen LogP contribution in [0.15, 0.2) is 18.2 Å². The molecule has 0 radical (unpaired) electrons. The lowest BCUT2D eigenvalue weighted by Gasteiger charge is -1.96. The van der Waals surface area contributed by atoms with E-state index in [-0.39, 0.29) is 17.5 Å². The number of phenols is 1. The van der Waals surface area contributed by atoms with E-state index in [1.807, 2.05) is 6.92 Å². The number of carbonyl (C=O) groups excluding carboxylic acids is 1. The molecule has 1 aromatic rings. The third-order valence-corrected chi connectivity index (χ3v) is 2.33. The standard InChI is InChI=1S/C10H10O2/c1-6-4-7-5-8(11)2-3-9(7)10(6)12/h2-3,5-6,11H,4H2,1H3. The summed E-state index contributed by atoms with van der Waals surface area (Å²) in [5, 5.41) is 9.16. The van der Waals surface area contributed by atoms with Crippen molar-refractivity contribution in [1.29, 1.82) is 0 Å². The van der Waals surface area contributed by atoms with Gasteiger partial charge >= 0.3 is 0 Å². The van der Waals surface area contributed by atoms with Crippen LogP contribution in [0.25, 0.3) is 0 Å². The maximum absolute atomic E-state index is 11.4. The van der Waals surface area contributed by atoms with Gasteiger partial charge in [-0.3, -0.25) is 4.79 Å². The molecule has 2 rings (SSSR count). The van der Waals surface area contributed by atoms with Crippen molar-refractivity contribution in [2.45, 2.75) is 13.3 Å². The molecule has 0 heterocycles. The summed E-state index contributed by atoms with van der Waals surface area (Å²) in [5.41, 5.74) is 1.76. The van der Waals surface area contributed by atoms with E-state index in [0.29, 0.717) is 0 Å². The molecule has 1 aliphatic carbocycles. The molecule has 1 atom stereocenters. The van der Waals surface area contributed by atoms with Crippen LogP contribution in [0.5, 0.6) is 5.75 Å². The molecule has 0 aliphatic heterocycles. The van der Waals surface area contributed by atoms with Crippen LogP contribution in [0.4, 0.5) is 0 Å². The zero-order chi connectivity index (χ0) is 8.72. The molecule has 0 aromatic heterocycles. The fraction of sp³-hybridized carbons (Fsp3) is 0.300. The lowest BCUT2D eigenvalue weighted by Crippen LogP contribution is -2.02. The Morgan fingerprint density at radius 2 is 2.25 bits per heavy atom. The number of rotatable bonds is 0. The SMILES string of the molecule is CC1Cc2cc(O)ccc2C1=O. The van der Waals surface area contributed by atoms with Crippen LogP contribution in [0, 0.1) is 5.92 Å². The van der Waals surface area contributed by atoms with Crippen LogP contribution in [0.3, 0.4) is 0 Å². The molecule has 62 valence electrons. The second-order valence-corrected chi connectivity index (χ2v) is 3.31. The summed E-state index contributed by atoms with van der Waals surface area (Å²) in [6, 6.07) is 4.95. The summed E-state index contributed by atoms with van der Waals surface area (Å²) in [7, 11) is 0. The predicted octanol–water partition coefficient (Wildman–Crippen LogP) is 1.77. The van der Waals surface area contributed by atoms with Crippen molar-refractivity contribution < 1.29 is 9.90 Å². The Hall–Kier alpha value is -1.31. The summed E-state index contributed by atoms with van der Waals surface area (Å²) < 4.78 is 0. The Kier molecular flexibility index (Phi) is 1.43. The highest BCUT2D eigenvalue weighted by Crippen LogP contribution is 2.28. The third kappa shape index (κ3) is 0.916. The molecule has 0 saturated heterocycles. The van der Waals surface area contributed by atoms with Gasteiger partial charge in [-0.15, -0.1) is 0 Å². The Balaban J connectivity index is 2.54. The Morgan fingerprint density at radius 3 is 3.00 bits per heavy atom. The molecular formula is C10H10O2. The van der Waals surface area contributed by atoms with Gasteiger partial charge < -0.3 is 5.11 Å². The van der Waals surface area contributed by atoms with Crippen LogP contribution in [-0.2, 0) is 6.42 Å². The highest BCUT2D eigenvalue weighted by Gasteiger charge is 2.26. The molecule has 12 heavy (non-hydrogen) atoms. The van der Waals surface area contributed by atoms with E-state index in [2.05, 4.69) is 0 Å². The molecule has 1 aromatic carbocycles. The minimum absolute atomic E-state index is 0.0850. The lowest BCUT2D eigenvalue weighted by molar-refractivity contribution is 0.0946. The van der Waals surface area contributed by atoms with Crippen LogP contribution in [0.2, 0.25) is 0 Å². The first-order valence-corrected chi connectivity index (χ1v) is 4.04. The van der Waals surface area contributed by atoms with Gasteiger partial charge in [-0.2, -0.15) is 0 Å². The largest absolute Gasteiger partial charge is 0.508 e. The Morgan fingerprint density at radius 1 is 1.50 bits per heavy atom. The molecule has 0 amide bonds. The first kappa shape index (κ1) is 7.35. The summed E-state index contributed by atoms with van der Waals surface area (Å²) in [6.45, 7) is 1.92. The van der Waals surface area contributed by atoms with E-state index in [0.717, 1.165) is 17.5 Å². The van der Waals surface area contributed by atoms with Crippen molar-refractivity contribution in [1.82, 2.24) is 0 Å². The number of carbonyl (C=O) groups is 1. The van der Waals surface area contributed by atoms with Gasteiger partial charge in [0.15, 0.2) is 5.78 Å². The summed E-state index contributed by atoms with van der Waals surface area (Å²) in [6.07, 6.45) is 0.766. The number of ketones is 1. The fourth-order valence-corrected chi connectivity index (χ4v) is 1.68. The second-order valence-electron chi connectivity index (χ2n) is 3.31. The molecule has 1 aliphatic rings. The topological polar surface area (TPSA) is 37.3 Å². The zero-order valence-corrected chi connectivity index (χ0v) is 6.87. The van der Waals surface area contributed by atoms with Crippen LogP contribution in [0.1, 0.15) is 22.8 Å². The van der Waals surface area contributed by atoms with E-state index in [1.54, 1.807) is 18.2 Å². The van der Waals surface area contributed by atoms with E-state index < -0.39 is 0 Å². The monoisotopic (exact) mass is 162 g/mol. The molecule has 1 unspecified atom stereocenters. The highest BCUT2D eigenvalue weighted by molar-refractivity contribution is 6.02. The highest BCUT2D eigenvalue weighted by atomic mass is 16.3. The molecule has 1 N–H and O–H groups in total. The maximum Gasteiger partial charge on any atom is 0.166 e. The fourth-order valence-electron chi connectivity index (χ4n) is 1.68. The van der Waals surface area contributed by atoms with Gasteiger partial charge in [0, 0.05) is 11.5 Å². The molecule has 0 fully saturated rings. The minimum Gasteiger partial charge on any atom is -0.508 e. The lowest BCUT2D eigenvalue weighted by atomic mass is 10.1. The van der Waals surface area contributed by atoms with E-state index in [9.17, 15) is 4.79 Å². The first-order valence-electron chi connectivity index (χ1n) is 4.04. The number of phenolic OH excluding ortho intramolecular Hbond substituents is 1. The molecular weight excluding hydrogens is 152 g/mol. The van der Waals surface area contributed by atoms with Crippen LogP contribution < -0.4 is 0 Å². The third-order valence-electron chi connectivity index (χ3n) is 2.33. The van der Waals surface area contributed by atoms with E-state index >= 15 is 0 Å². The van der Waals surface area contributed by atoms with Gasteiger partial charge in [0.2, 0.25) is 0 Å². The minimum atomic E-state index is 0.0850. The average molecular weight is 162 g/mol. The molecule has 0 saturated carbocycles. The second kappa shape index (κ2) is 2.34. The van der Waals surface area contributed by atoms with E-state index in [4.69, 9.17) is 5.11 Å². The van der Waals surface area contributed by atoms with Gasteiger partial charge in [-0.1, -0.05) is 6.92 Å². The number of fused-ring (bicyclic) bond motifs is 1. The average Bonchev–Trinajstić information content (AvgIpc) is 2.28. The smallest absolute Gasteiger partial charge is 0.166 e. The molecule has 2 heteroatoms. The van der Waals surface area contributed by atoms with Gasteiger partial charge in [-0.25, -0.2) is 0 Å². The van der Waals surface area contributed by atoms with Gasteiger partial charge in [0.05, 0.1) is 0 Å². The number of benzene rings is 1. The van der Waals surface area contributed by atoms with Crippen molar-refractivity contribution in [3.05, 3.63) is 29.3 Å². The van der Waals surface area contributed by atoms with Gasteiger partial charge in [0.1, 0.15) is 5.75 Å². The quantitative estimate of drug-likeness (QED) is 0.631. The summed E-state index contributed by atoms with van der Waals surface area (Å²) in [4.78, 5) is 11.4. The summed E-state index contributed by atoms with van der Waals surface area (Å²) in [5.74, 6) is 0.530. The van der Waals surface area contributed by atoms with Crippen molar-refractivity contribution in [2.75, 3.05) is 0 Å². The van der Waals surface area contributed by atoms with E-state index in [1.165, 1.54) is 0 Å². The van der Waals surface area contributed by atoms with Gasteiger partial charge in [-0.05, 0) is 30.2 Å². The normalized spacial score (nSPS) is 21.1. The van der Waals surface area contributed by atoms with Crippen LogP contribution in [-0.4, -0.2) is 10.9 Å². The Bertz CT molecular complexity index is 342. The first-order chi connectivity index (χ1) is 5.68. The van der Waals surface area contributed by atoms with Crippen molar-refractivity contribution >= 4 is 5.78 Å². The van der Waals surface area contributed by atoms with Crippen LogP contribution >= 0.6 is 0 Å². The number of hydrogen-bond donors (Lipinski definition) is 1. The molecule has 0 spiro atoms. The summed E-state index contributed by atoms with van der Waals surface area (Å²) >= 11 is 0. The van der Waals surface area contributed by atoms with Crippen molar-refractivity contribution in [3.8, 4) is 5.75 Å². The van der Waals surface area contributed by atoms with Crippen molar-refractivity contribution in [2.24, 2.45) is 5.92 Å². The van der Waals surface area contributed by atoms with Crippen molar-refractivity contribution in [3.63, 3.8) is 0 Å². The number of hydrogen-bond acceptors (Lipinski definition) is 2. The molecule has 0 bridgehead atoms. The Labute approximate surface area is 70.8 Å².